The number of carbonyl (C=O) groups excluding carboxylic acids is 1. The van der Waals surface area contributed by atoms with E-state index in [2.05, 4.69) is 10.6 Å². The number of ether oxygens (including phenoxy) is 1. The van der Waals surface area contributed by atoms with Gasteiger partial charge in [-0.2, -0.15) is 0 Å². The first-order chi connectivity index (χ1) is 9.65. The second kappa shape index (κ2) is 6.97. The summed E-state index contributed by atoms with van der Waals surface area (Å²) in [5, 5.41) is 14.4. The first-order valence-electron chi connectivity index (χ1n) is 6.70. The lowest BCUT2D eigenvalue weighted by molar-refractivity contribution is -0.137. The van der Waals surface area contributed by atoms with Crippen LogP contribution in [-0.2, 0) is 9.53 Å². The number of carboxylic acid groups (broad SMARTS) is 1. The molecule has 0 saturated heterocycles. The van der Waals surface area contributed by atoms with Gasteiger partial charge in [0, 0.05) is 5.69 Å². The number of amides is 1. The number of benzene rings is 1. The minimum Gasteiger partial charge on any atom is -0.481 e. The summed E-state index contributed by atoms with van der Waals surface area (Å²) in [6.45, 7) is 7.18. The fourth-order valence-electron chi connectivity index (χ4n) is 1.61. The highest BCUT2D eigenvalue weighted by atomic mass is 16.6. The molecule has 1 unspecified atom stereocenters. The van der Waals surface area contributed by atoms with Crippen molar-refractivity contribution in [2.24, 2.45) is 0 Å². The van der Waals surface area contributed by atoms with Crippen LogP contribution in [0.5, 0.6) is 0 Å². The maximum absolute atomic E-state index is 11.7. The fourth-order valence-corrected chi connectivity index (χ4v) is 1.61. The van der Waals surface area contributed by atoms with Crippen molar-refractivity contribution in [3.8, 4) is 0 Å². The molecule has 3 N–H and O–H groups in total. The topological polar surface area (TPSA) is 87.7 Å². The molecule has 0 fully saturated rings. The first kappa shape index (κ1) is 16.8. The Bertz CT molecular complexity index is 491. The molecule has 1 rings (SSSR count). The van der Waals surface area contributed by atoms with E-state index in [0.29, 0.717) is 0 Å². The van der Waals surface area contributed by atoms with Gasteiger partial charge in [-0.05, 0) is 39.8 Å². The summed E-state index contributed by atoms with van der Waals surface area (Å²) in [5.41, 5.74) is 1.18. The molecule has 6 heteroatoms. The predicted octanol–water partition coefficient (Wildman–Crippen LogP) is 2.73. The zero-order valence-corrected chi connectivity index (χ0v) is 12.8. The van der Waals surface area contributed by atoms with Crippen LogP contribution in [0.3, 0.4) is 0 Å². The van der Waals surface area contributed by atoms with Crippen LogP contribution < -0.4 is 10.6 Å². The van der Waals surface area contributed by atoms with Gasteiger partial charge in [0.15, 0.2) is 0 Å². The van der Waals surface area contributed by atoms with Gasteiger partial charge in [0.1, 0.15) is 11.8 Å². The van der Waals surface area contributed by atoms with Gasteiger partial charge >= 0.3 is 12.1 Å². The average Bonchev–Trinajstić information content (AvgIpc) is 2.28. The molecule has 21 heavy (non-hydrogen) atoms. The summed E-state index contributed by atoms with van der Waals surface area (Å²) < 4.78 is 5.12. The van der Waals surface area contributed by atoms with E-state index in [-0.39, 0.29) is 6.42 Å². The van der Waals surface area contributed by atoms with E-state index in [1.54, 1.807) is 20.8 Å². The minimum absolute atomic E-state index is 0.257. The molecule has 0 spiro atoms. The van der Waals surface area contributed by atoms with Crippen molar-refractivity contribution < 1.29 is 19.4 Å². The van der Waals surface area contributed by atoms with Crippen LogP contribution in [0.4, 0.5) is 10.5 Å². The molecule has 6 nitrogen and oxygen atoms in total. The van der Waals surface area contributed by atoms with E-state index in [0.717, 1.165) is 11.3 Å². The predicted molar refractivity (Wildman–Crippen MR) is 80.2 cm³/mol. The van der Waals surface area contributed by atoms with Crippen LogP contribution >= 0.6 is 0 Å². The number of nitrogens with one attached hydrogen (secondary N) is 2. The van der Waals surface area contributed by atoms with Crippen LogP contribution in [0.1, 0.15) is 32.8 Å². The van der Waals surface area contributed by atoms with Crippen molar-refractivity contribution >= 4 is 17.7 Å². The largest absolute Gasteiger partial charge is 0.481 e. The minimum atomic E-state index is -1.02. The monoisotopic (exact) mass is 294 g/mol. The average molecular weight is 294 g/mol. The smallest absolute Gasteiger partial charge is 0.409 e. The summed E-state index contributed by atoms with van der Waals surface area (Å²) >= 11 is 0. The van der Waals surface area contributed by atoms with Crippen molar-refractivity contribution in [2.75, 3.05) is 5.32 Å². The van der Waals surface area contributed by atoms with Crippen molar-refractivity contribution in [3.05, 3.63) is 29.8 Å². The third-order valence-electron chi connectivity index (χ3n) is 2.46. The Hall–Kier alpha value is -2.24. The standard InChI is InChI=1S/C15H22N2O4/c1-10-5-7-11(8-6-10)16-12(9-13(18)19)17-14(20)21-15(2,3)4/h5-8,12,16H,9H2,1-4H3,(H,17,20)(H,18,19). The second-order valence-electron chi connectivity index (χ2n) is 5.81. The van der Waals surface area contributed by atoms with Gasteiger partial charge in [-0.3, -0.25) is 4.79 Å². The lowest BCUT2D eigenvalue weighted by Crippen LogP contribution is -2.44. The molecule has 0 heterocycles. The highest BCUT2D eigenvalue weighted by molar-refractivity contribution is 5.72. The molecule has 0 radical (unpaired) electrons. The number of hydrogen-bond acceptors (Lipinski definition) is 4. The van der Waals surface area contributed by atoms with Crippen molar-refractivity contribution in [2.45, 2.75) is 45.9 Å². The molecule has 0 aliphatic rings. The number of anilines is 1. The zero-order valence-electron chi connectivity index (χ0n) is 12.8. The lowest BCUT2D eigenvalue weighted by Gasteiger charge is -2.24. The van der Waals surface area contributed by atoms with Gasteiger partial charge in [-0.25, -0.2) is 4.79 Å². The number of carboxylic acids is 1. The summed E-state index contributed by atoms with van der Waals surface area (Å²) in [6.07, 6.45) is -1.67. The Labute approximate surface area is 124 Å². The number of rotatable bonds is 5. The van der Waals surface area contributed by atoms with Crippen molar-refractivity contribution in [1.29, 1.82) is 0 Å². The molecule has 1 atom stereocenters. The van der Waals surface area contributed by atoms with E-state index in [9.17, 15) is 9.59 Å². The third-order valence-corrected chi connectivity index (χ3v) is 2.46. The molecular weight excluding hydrogens is 272 g/mol. The molecule has 0 aliphatic carbocycles. The summed E-state index contributed by atoms with van der Waals surface area (Å²) in [7, 11) is 0. The first-order valence-corrected chi connectivity index (χ1v) is 6.70. The Morgan fingerprint density at radius 2 is 1.81 bits per heavy atom. The summed E-state index contributed by atoms with van der Waals surface area (Å²) in [5.74, 6) is -1.02. The molecular formula is C15H22N2O4. The second-order valence-corrected chi connectivity index (χ2v) is 5.81. The van der Waals surface area contributed by atoms with Crippen molar-refractivity contribution in [1.82, 2.24) is 5.32 Å². The Balaban J connectivity index is 2.69. The third kappa shape index (κ3) is 7.20. The Morgan fingerprint density at radius 1 is 1.24 bits per heavy atom. The summed E-state index contributed by atoms with van der Waals surface area (Å²) in [4.78, 5) is 22.6. The molecule has 0 bridgehead atoms. The lowest BCUT2D eigenvalue weighted by atomic mass is 10.2. The van der Waals surface area contributed by atoms with Gasteiger partial charge < -0.3 is 20.5 Å². The van der Waals surface area contributed by atoms with E-state index >= 15 is 0 Å². The van der Waals surface area contributed by atoms with Crippen LogP contribution in [0.15, 0.2) is 24.3 Å². The Kier molecular flexibility index (Phi) is 5.58. The highest BCUT2D eigenvalue weighted by Crippen LogP contribution is 2.12. The van der Waals surface area contributed by atoms with Gasteiger partial charge in [-0.1, -0.05) is 17.7 Å². The maximum atomic E-state index is 11.7. The maximum Gasteiger partial charge on any atom is 0.409 e. The van der Waals surface area contributed by atoms with E-state index in [1.807, 2.05) is 31.2 Å². The number of aliphatic carboxylic acids is 1. The molecule has 116 valence electrons. The van der Waals surface area contributed by atoms with Gasteiger partial charge in [-0.15, -0.1) is 0 Å². The molecule has 1 aromatic rings. The molecule has 0 saturated carbocycles. The number of aryl methyl sites for hydroxylation is 1. The summed E-state index contributed by atoms with van der Waals surface area (Å²) in [6, 6.07) is 7.43. The van der Waals surface area contributed by atoms with Crippen molar-refractivity contribution in [3.63, 3.8) is 0 Å². The van der Waals surface area contributed by atoms with E-state index in [4.69, 9.17) is 9.84 Å². The molecule has 1 amide bonds. The van der Waals surface area contributed by atoms with Crippen LogP contribution in [0.25, 0.3) is 0 Å². The van der Waals surface area contributed by atoms with Crippen LogP contribution in [-0.4, -0.2) is 28.9 Å². The van der Waals surface area contributed by atoms with Crippen LogP contribution in [0.2, 0.25) is 0 Å². The molecule has 0 aromatic heterocycles. The van der Waals surface area contributed by atoms with Gasteiger partial charge in [0.05, 0.1) is 6.42 Å². The number of carbonyl (C=O) groups is 2. The molecule has 0 aliphatic heterocycles. The van der Waals surface area contributed by atoms with E-state index < -0.39 is 23.8 Å². The van der Waals surface area contributed by atoms with E-state index in [1.165, 1.54) is 0 Å². The SMILES string of the molecule is Cc1ccc(NC(CC(=O)O)NC(=O)OC(C)(C)C)cc1. The molecule has 1 aromatic carbocycles. The number of alkyl carbamates (subject to hydrolysis) is 1. The normalized spacial score (nSPS) is 12.4. The highest BCUT2D eigenvalue weighted by Gasteiger charge is 2.21. The zero-order chi connectivity index (χ0) is 16.0. The fraction of sp³-hybridized carbons (Fsp3) is 0.467. The Morgan fingerprint density at radius 3 is 2.29 bits per heavy atom. The van der Waals surface area contributed by atoms with Gasteiger partial charge in [0.2, 0.25) is 0 Å². The number of hydrogen-bond donors (Lipinski definition) is 3. The van der Waals surface area contributed by atoms with Gasteiger partial charge in [0.25, 0.3) is 0 Å². The quantitative estimate of drug-likeness (QED) is 0.727. The van der Waals surface area contributed by atoms with Crippen LogP contribution in [0, 0.1) is 6.92 Å².